The third kappa shape index (κ3) is 8.59. The fourth-order valence-electron chi connectivity index (χ4n) is 17.0. The Morgan fingerprint density at radius 1 is 0.743 bits per heavy atom. The number of benzene rings is 1. The van der Waals surface area contributed by atoms with Crippen molar-refractivity contribution >= 4 is 80.6 Å². The molecular formula is C59H84N8O5S2. The molecule has 402 valence electrons. The number of nitrogens with two attached hydrogens (primary N) is 1. The smallest absolute Gasteiger partial charge is 0.243 e. The number of imide groups is 1. The highest BCUT2D eigenvalue weighted by molar-refractivity contribution is 8.05. The molecule has 5 N–H and O–H groups in total. The first-order valence-electron chi connectivity index (χ1n) is 29.6. The second-order valence-corrected chi connectivity index (χ2v) is 26.4. The zero-order valence-electron chi connectivity index (χ0n) is 44.4. The van der Waals surface area contributed by atoms with Crippen LogP contribution >= 0.6 is 23.5 Å². The van der Waals surface area contributed by atoms with Gasteiger partial charge in [-0.2, -0.15) is 0 Å². The van der Waals surface area contributed by atoms with Crippen molar-refractivity contribution in [1.82, 2.24) is 35.4 Å². The molecule has 4 aliphatic heterocycles. The molecule has 1 aromatic carbocycles. The molecule has 15 heteroatoms. The van der Waals surface area contributed by atoms with Gasteiger partial charge in [-0.05, 0) is 87.5 Å². The lowest BCUT2D eigenvalue weighted by Crippen LogP contribution is -2.89. The maximum Gasteiger partial charge on any atom is 0.243 e. The van der Waals surface area contributed by atoms with Gasteiger partial charge in [-0.25, -0.2) is 9.97 Å². The quantitative estimate of drug-likeness (QED) is 0.0889. The first-order valence-corrected chi connectivity index (χ1v) is 31.7. The molecule has 6 bridgehead atoms. The second-order valence-electron chi connectivity index (χ2n) is 24.1. The lowest BCUT2D eigenvalue weighted by Gasteiger charge is -2.79. The molecule has 6 heterocycles. The lowest BCUT2D eigenvalue weighted by molar-refractivity contribution is -0.272. The number of thioether (sulfide) groups is 2. The Hall–Kier alpha value is -3.53. The summed E-state index contributed by atoms with van der Waals surface area (Å²) in [5.41, 5.74) is 7.27. The molecule has 74 heavy (non-hydrogen) atoms. The fraction of sp³-hybridized carbons (Fsp3) is 0.746. The number of unbranched alkanes of at least 4 members (excludes halogenated alkanes) is 4. The van der Waals surface area contributed by atoms with Crippen LogP contribution in [0.25, 0.3) is 21.9 Å². The third-order valence-electron chi connectivity index (χ3n) is 20.2. The normalized spacial score (nSPS) is 35.4. The summed E-state index contributed by atoms with van der Waals surface area (Å²) in [7, 11) is 0. The zero-order chi connectivity index (χ0) is 51.2. The van der Waals surface area contributed by atoms with Crippen LogP contribution in [-0.4, -0.2) is 107 Å². The standard InChI is InChI=1S/C59H84N8O5S2/c1-3-4-28-45-64-47-48(38-25-19-20-27-42(38)63-54(47)60)66(45)33-23-21-32-61-46(68)29-18-15-22-34-67-55(71)49-50(56(67)72)74-36-44-52(69)57(2)40-26-17-14-12-10-8-6-5-7-9-11-13-16-24-37-39-30-31-41(40)59(57,65-44)58(39)51(37)62-43(35-73-49)53(58)70/h19-20,25,27,37,39-41,43-44,49-51,62,65H,3-18,21-24,26,28-36H2,1-2H3,(H2,60,63)(H,61,68). The lowest BCUT2D eigenvalue weighted by atomic mass is 9.25. The number of para-hydroxylation sites is 1. The van der Waals surface area contributed by atoms with E-state index in [-0.39, 0.29) is 47.2 Å². The summed E-state index contributed by atoms with van der Waals surface area (Å²) in [6, 6.07) is 7.26. The van der Waals surface area contributed by atoms with Crippen LogP contribution in [0.5, 0.6) is 0 Å². The number of Topliss-reactive ketones (excluding diaryl/α,β-unsaturated/α-hetero) is 2. The first-order chi connectivity index (χ1) is 36.1. The molecule has 0 radical (unpaired) electrons. The van der Waals surface area contributed by atoms with Gasteiger partial charge in [0.1, 0.15) is 21.8 Å². The zero-order valence-corrected chi connectivity index (χ0v) is 46.1. The van der Waals surface area contributed by atoms with Crippen LogP contribution in [0.4, 0.5) is 5.82 Å². The summed E-state index contributed by atoms with van der Waals surface area (Å²) in [6.07, 6.45) is 26.7. The van der Waals surface area contributed by atoms with E-state index in [1.54, 1.807) is 0 Å². The number of likely N-dealkylation sites (tertiary alicyclic amines) is 1. The topological polar surface area (TPSA) is 181 Å². The van der Waals surface area contributed by atoms with E-state index in [2.05, 4.69) is 45.4 Å². The molecule has 2 spiro atoms. The molecule has 12 unspecified atom stereocenters. The summed E-state index contributed by atoms with van der Waals surface area (Å²) >= 11 is 3.00. The molecule has 8 fully saturated rings. The number of rotatable bonds is 14. The number of imidazole rings is 1. The number of hydrogen-bond donors (Lipinski definition) is 4. The summed E-state index contributed by atoms with van der Waals surface area (Å²) < 4.78 is 2.31. The van der Waals surface area contributed by atoms with Gasteiger partial charge in [-0.15, -0.1) is 23.5 Å². The van der Waals surface area contributed by atoms with Crippen molar-refractivity contribution in [2.24, 2.45) is 34.5 Å². The average Bonchev–Trinajstić information content (AvgIpc) is 4.19. The Bertz CT molecular complexity index is 2610. The van der Waals surface area contributed by atoms with Crippen molar-refractivity contribution in [3.63, 3.8) is 0 Å². The molecule has 4 aliphatic carbocycles. The Kier molecular flexibility index (Phi) is 15.7. The van der Waals surface area contributed by atoms with Crippen LogP contribution in [0.1, 0.15) is 174 Å². The number of carbonyl (C=O) groups is 5. The van der Waals surface area contributed by atoms with E-state index in [9.17, 15) is 14.4 Å². The van der Waals surface area contributed by atoms with Crippen molar-refractivity contribution in [1.29, 1.82) is 0 Å². The molecule has 12 atom stereocenters. The number of aryl methyl sites for hydroxylation is 2. The van der Waals surface area contributed by atoms with E-state index in [0.29, 0.717) is 61.5 Å². The predicted octanol–water partition coefficient (Wildman–Crippen LogP) is 9.49. The van der Waals surface area contributed by atoms with Gasteiger partial charge in [0, 0.05) is 60.9 Å². The number of nitrogens with one attached hydrogen (secondary N) is 3. The van der Waals surface area contributed by atoms with Crippen LogP contribution in [-0.2, 0) is 36.9 Å². The van der Waals surface area contributed by atoms with Gasteiger partial charge in [-0.1, -0.05) is 122 Å². The number of fused-ring (bicyclic) bond motifs is 9. The SMILES string of the molecule is CCCCc1nc2c(N)nc3ccccc3c2n1CCCCNC(=O)CCCCCN1C(=O)C2SCC3NC45C6CCC7C(CCCCCCCCCCCCCCC6C4(C)C3=O)C3NC(CSC2C1=O)C(=O)C735. The van der Waals surface area contributed by atoms with Crippen molar-refractivity contribution < 1.29 is 24.0 Å². The highest BCUT2D eigenvalue weighted by atomic mass is 32.2. The van der Waals surface area contributed by atoms with Crippen molar-refractivity contribution in [2.75, 3.05) is 30.3 Å². The molecule has 4 saturated carbocycles. The van der Waals surface area contributed by atoms with E-state index >= 15 is 9.59 Å². The number of ketones is 2. The number of hydrogen-bond acceptors (Lipinski definition) is 12. The number of aromatic nitrogens is 3. The van der Waals surface area contributed by atoms with Crippen LogP contribution in [0, 0.1) is 34.5 Å². The maximum atomic E-state index is 15.6. The predicted molar refractivity (Wildman–Crippen MR) is 297 cm³/mol. The van der Waals surface area contributed by atoms with E-state index in [4.69, 9.17) is 10.7 Å². The van der Waals surface area contributed by atoms with Crippen LogP contribution in [0.3, 0.4) is 0 Å². The fourth-order valence-corrected chi connectivity index (χ4v) is 19.8. The van der Waals surface area contributed by atoms with Gasteiger partial charge in [0.2, 0.25) is 17.7 Å². The molecule has 4 saturated heterocycles. The summed E-state index contributed by atoms with van der Waals surface area (Å²) in [5.74, 6) is 3.84. The van der Waals surface area contributed by atoms with Crippen LogP contribution in [0.2, 0.25) is 0 Å². The van der Waals surface area contributed by atoms with Crippen LogP contribution < -0.4 is 21.7 Å². The largest absolute Gasteiger partial charge is 0.382 e. The third-order valence-corrected chi connectivity index (χ3v) is 23.1. The molecule has 8 aliphatic rings. The van der Waals surface area contributed by atoms with Crippen LogP contribution in [0.15, 0.2) is 24.3 Å². The molecule has 3 aromatic rings. The summed E-state index contributed by atoms with van der Waals surface area (Å²) in [5, 5.41) is 11.1. The summed E-state index contributed by atoms with van der Waals surface area (Å²) in [4.78, 5) is 83.7. The Morgan fingerprint density at radius 2 is 1.41 bits per heavy atom. The molecule has 13 nitrogen and oxygen atoms in total. The molecule has 2 aromatic heterocycles. The Morgan fingerprint density at radius 3 is 2.14 bits per heavy atom. The van der Waals surface area contributed by atoms with Crippen molar-refractivity contribution in [2.45, 2.75) is 215 Å². The molecular weight excluding hydrogens is 965 g/mol. The first kappa shape index (κ1) is 52.5. The number of anilines is 1. The van der Waals surface area contributed by atoms with Crippen molar-refractivity contribution in [3.05, 3.63) is 30.1 Å². The second kappa shape index (κ2) is 22.1. The van der Waals surface area contributed by atoms with Gasteiger partial charge in [-0.3, -0.25) is 34.2 Å². The Balaban J connectivity index is 0.708. The minimum Gasteiger partial charge on any atom is -0.382 e. The van der Waals surface area contributed by atoms with Gasteiger partial charge >= 0.3 is 0 Å². The minimum atomic E-state index is -0.629. The number of pyridine rings is 1. The molecule has 11 rings (SSSR count). The highest BCUT2D eigenvalue weighted by Crippen LogP contribution is 2.81. The minimum absolute atomic E-state index is 0.0152. The Labute approximate surface area is 447 Å². The van der Waals surface area contributed by atoms with Gasteiger partial charge in [0.15, 0.2) is 17.4 Å². The monoisotopic (exact) mass is 1050 g/mol. The van der Waals surface area contributed by atoms with E-state index in [1.165, 1.54) is 99.1 Å². The summed E-state index contributed by atoms with van der Waals surface area (Å²) in [6.45, 7) is 6.11. The average molecular weight is 1050 g/mol. The highest BCUT2D eigenvalue weighted by Gasteiger charge is 2.91. The number of nitrogens with zero attached hydrogens (tertiary/aromatic N) is 4. The molecule has 3 amide bonds. The van der Waals surface area contributed by atoms with Gasteiger partial charge in [0.05, 0.1) is 33.9 Å². The number of nitrogen functional groups attached to an aromatic ring is 1. The van der Waals surface area contributed by atoms with Gasteiger partial charge < -0.3 is 20.9 Å². The number of carbonyl (C=O) groups excluding carboxylic acids is 5. The van der Waals surface area contributed by atoms with E-state index in [0.717, 1.165) is 105 Å². The number of amides is 3. The van der Waals surface area contributed by atoms with E-state index in [1.807, 2.05) is 18.2 Å². The van der Waals surface area contributed by atoms with Gasteiger partial charge in [0.25, 0.3) is 0 Å². The van der Waals surface area contributed by atoms with E-state index < -0.39 is 39.0 Å². The maximum absolute atomic E-state index is 15.6. The van der Waals surface area contributed by atoms with Crippen molar-refractivity contribution in [3.8, 4) is 0 Å².